The van der Waals surface area contributed by atoms with Gasteiger partial charge in [-0.15, -0.1) is 0 Å². The van der Waals surface area contributed by atoms with E-state index in [1.165, 1.54) is 0 Å². The number of hydrogen-bond donors (Lipinski definition) is 0. The fourth-order valence-corrected chi connectivity index (χ4v) is 3.62. The van der Waals surface area contributed by atoms with Gasteiger partial charge in [0, 0.05) is 23.7 Å². The standard InChI is InChI=1S/C20H21NO5/c1-23-14-6-7-15(18(11-14)24-2)16-4-3-9-21(16)20(22)13-5-8-17-19(10-13)26-12-25-17/h5-8,10-11,16H,3-4,9,12H2,1-2H3. The molecule has 1 unspecified atom stereocenters. The minimum atomic E-state index is -0.0196. The van der Waals surface area contributed by atoms with Gasteiger partial charge in [-0.3, -0.25) is 4.79 Å². The Kier molecular flexibility index (Phi) is 4.32. The maximum atomic E-state index is 13.1. The summed E-state index contributed by atoms with van der Waals surface area (Å²) in [6.45, 7) is 0.912. The Morgan fingerprint density at radius 1 is 1.08 bits per heavy atom. The second-order valence-corrected chi connectivity index (χ2v) is 6.33. The van der Waals surface area contributed by atoms with Crippen LogP contribution in [0.25, 0.3) is 0 Å². The number of hydrogen-bond acceptors (Lipinski definition) is 5. The second kappa shape index (κ2) is 6.78. The first-order chi connectivity index (χ1) is 12.7. The van der Waals surface area contributed by atoms with Crippen molar-refractivity contribution in [3.63, 3.8) is 0 Å². The van der Waals surface area contributed by atoms with E-state index in [-0.39, 0.29) is 18.7 Å². The van der Waals surface area contributed by atoms with Crippen LogP contribution in [0.3, 0.4) is 0 Å². The third kappa shape index (κ3) is 2.81. The highest BCUT2D eigenvalue weighted by atomic mass is 16.7. The number of benzene rings is 2. The third-order valence-corrected chi connectivity index (χ3v) is 4.93. The molecule has 26 heavy (non-hydrogen) atoms. The van der Waals surface area contributed by atoms with Gasteiger partial charge < -0.3 is 23.8 Å². The lowest BCUT2D eigenvalue weighted by molar-refractivity contribution is 0.0733. The second-order valence-electron chi connectivity index (χ2n) is 6.33. The molecule has 1 fully saturated rings. The van der Waals surface area contributed by atoms with Crippen LogP contribution < -0.4 is 18.9 Å². The van der Waals surface area contributed by atoms with Crippen molar-refractivity contribution in [3.8, 4) is 23.0 Å². The molecule has 1 atom stereocenters. The number of carbonyl (C=O) groups excluding carboxylic acids is 1. The zero-order chi connectivity index (χ0) is 18.1. The minimum Gasteiger partial charge on any atom is -0.497 e. The molecule has 0 spiro atoms. The van der Waals surface area contributed by atoms with Crippen LogP contribution in [0.5, 0.6) is 23.0 Å². The molecular formula is C20H21NO5. The monoisotopic (exact) mass is 355 g/mol. The maximum absolute atomic E-state index is 13.1. The maximum Gasteiger partial charge on any atom is 0.254 e. The Morgan fingerprint density at radius 2 is 1.92 bits per heavy atom. The van der Waals surface area contributed by atoms with Crippen molar-refractivity contribution in [1.82, 2.24) is 4.90 Å². The lowest BCUT2D eigenvalue weighted by Crippen LogP contribution is -2.30. The van der Waals surface area contributed by atoms with E-state index in [0.717, 1.165) is 29.9 Å². The quantitative estimate of drug-likeness (QED) is 0.841. The zero-order valence-corrected chi connectivity index (χ0v) is 14.9. The van der Waals surface area contributed by atoms with Crippen molar-refractivity contribution < 1.29 is 23.7 Å². The summed E-state index contributed by atoms with van der Waals surface area (Å²) in [5, 5.41) is 0. The molecular weight excluding hydrogens is 334 g/mol. The number of fused-ring (bicyclic) bond motifs is 1. The van der Waals surface area contributed by atoms with Gasteiger partial charge in [0.15, 0.2) is 11.5 Å². The lowest BCUT2D eigenvalue weighted by atomic mass is 10.0. The van der Waals surface area contributed by atoms with Gasteiger partial charge in [0.05, 0.1) is 20.3 Å². The topological polar surface area (TPSA) is 57.2 Å². The van der Waals surface area contributed by atoms with Crippen molar-refractivity contribution in [2.75, 3.05) is 27.6 Å². The van der Waals surface area contributed by atoms with Crippen molar-refractivity contribution in [1.29, 1.82) is 0 Å². The number of methoxy groups -OCH3 is 2. The summed E-state index contributed by atoms with van der Waals surface area (Å²) in [7, 11) is 3.26. The zero-order valence-electron chi connectivity index (χ0n) is 14.9. The summed E-state index contributed by atoms with van der Waals surface area (Å²) in [4.78, 5) is 15.0. The Labute approximate surface area is 152 Å². The van der Waals surface area contributed by atoms with Crippen molar-refractivity contribution in [2.24, 2.45) is 0 Å². The molecule has 0 radical (unpaired) electrons. The van der Waals surface area contributed by atoms with Gasteiger partial charge in [-0.2, -0.15) is 0 Å². The first-order valence-electron chi connectivity index (χ1n) is 8.64. The van der Waals surface area contributed by atoms with Crippen LogP contribution in [0.2, 0.25) is 0 Å². The predicted molar refractivity (Wildman–Crippen MR) is 95.1 cm³/mol. The molecule has 0 aliphatic carbocycles. The number of ether oxygens (including phenoxy) is 4. The summed E-state index contributed by atoms with van der Waals surface area (Å²) in [5.41, 5.74) is 1.61. The molecule has 136 valence electrons. The minimum absolute atomic E-state index is 0.0105. The van der Waals surface area contributed by atoms with Crippen molar-refractivity contribution >= 4 is 5.91 Å². The SMILES string of the molecule is COc1ccc(C2CCCN2C(=O)c2ccc3c(c2)OCO3)c(OC)c1. The van der Waals surface area contributed by atoms with Crippen LogP contribution >= 0.6 is 0 Å². The molecule has 0 aromatic heterocycles. The van der Waals surface area contributed by atoms with Crippen LogP contribution in [0, 0.1) is 0 Å². The molecule has 0 saturated carbocycles. The highest BCUT2D eigenvalue weighted by Gasteiger charge is 2.33. The number of amides is 1. The van der Waals surface area contributed by atoms with Crippen LogP contribution in [-0.4, -0.2) is 38.4 Å². The van der Waals surface area contributed by atoms with E-state index in [2.05, 4.69) is 0 Å². The summed E-state index contributed by atoms with van der Waals surface area (Å²) in [6.07, 6.45) is 1.86. The smallest absolute Gasteiger partial charge is 0.254 e. The molecule has 0 N–H and O–H groups in total. The Bertz CT molecular complexity index is 835. The van der Waals surface area contributed by atoms with Crippen LogP contribution in [0.4, 0.5) is 0 Å². The molecule has 2 aromatic carbocycles. The average molecular weight is 355 g/mol. The van der Waals surface area contributed by atoms with E-state index in [4.69, 9.17) is 18.9 Å². The molecule has 1 amide bonds. The fourth-order valence-electron chi connectivity index (χ4n) is 3.62. The third-order valence-electron chi connectivity index (χ3n) is 4.93. The van der Waals surface area contributed by atoms with E-state index in [9.17, 15) is 4.79 Å². The van der Waals surface area contributed by atoms with Crippen LogP contribution in [-0.2, 0) is 0 Å². The molecule has 2 heterocycles. The van der Waals surface area contributed by atoms with E-state index in [1.807, 2.05) is 23.1 Å². The van der Waals surface area contributed by atoms with Gasteiger partial charge in [0.1, 0.15) is 11.5 Å². The molecule has 6 heteroatoms. The highest BCUT2D eigenvalue weighted by Crippen LogP contribution is 2.40. The van der Waals surface area contributed by atoms with Crippen LogP contribution in [0.1, 0.15) is 34.8 Å². The Balaban J connectivity index is 1.63. The number of likely N-dealkylation sites (tertiary alicyclic amines) is 1. The molecule has 2 aromatic rings. The summed E-state index contributed by atoms with van der Waals surface area (Å²) < 4.78 is 21.5. The van der Waals surface area contributed by atoms with Gasteiger partial charge in [0.25, 0.3) is 5.91 Å². The largest absolute Gasteiger partial charge is 0.497 e. The summed E-state index contributed by atoms with van der Waals surface area (Å²) >= 11 is 0. The highest BCUT2D eigenvalue weighted by molar-refractivity contribution is 5.95. The van der Waals surface area contributed by atoms with Gasteiger partial charge in [-0.05, 0) is 43.2 Å². The van der Waals surface area contributed by atoms with Crippen LogP contribution in [0.15, 0.2) is 36.4 Å². The van der Waals surface area contributed by atoms with E-state index < -0.39 is 0 Å². The molecule has 2 aliphatic heterocycles. The van der Waals surface area contributed by atoms with E-state index in [1.54, 1.807) is 32.4 Å². The lowest BCUT2D eigenvalue weighted by Gasteiger charge is -2.26. The van der Waals surface area contributed by atoms with Crippen molar-refractivity contribution in [3.05, 3.63) is 47.5 Å². The molecule has 4 rings (SSSR count). The number of nitrogens with zero attached hydrogens (tertiary/aromatic N) is 1. The molecule has 0 bridgehead atoms. The normalized spacial score (nSPS) is 18.1. The summed E-state index contributed by atoms with van der Waals surface area (Å²) in [5.74, 6) is 2.76. The Hall–Kier alpha value is -2.89. The van der Waals surface area contributed by atoms with Gasteiger partial charge in [-0.25, -0.2) is 0 Å². The van der Waals surface area contributed by atoms with E-state index >= 15 is 0 Å². The van der Waals surface area contributed by atoms with Gasteiger partial charge in [-0.1, -0.05) is 0 Å². The fraction of sp³-hybridized carbons (Fsp3) is 0.350. The molecule has 2 aliphatic rings. The first kappa shape index (κ1) is 16.6. The van der Waals surface area contributed by atoms with Gasteiger partial charge >= 0.3 is 0 Å². The van der Waals surface area contributed by atoms with E-state index in [0.29, 0.717) is 23.6 Å². The average Bonchev–Trinajstić information content (AvgIpc) is 3.35. The summed E-state index contributed by atoms with van der Waals surface area (Å²) in [6, 6.07) is 11.1. The van der Waals surface area contributed by atoms with Crippen molar-refractivity contribution in [2.45, 2.75) is 18.9 Å². The number of rotatable bonds is 4. The molecule has 6 nitrogen and oxygen atoms in total. The molecule has 1 saturated heterocycles. The Morgan fingerprint density at radius 3 is 2.73 bits per heavy atom. The van der Waals surface area contributed by atoms with Gasteiger partial charge in [0.2, 0.25) is 6.79 Å². The number of carbonyl (C=O) groups is 1. The first-order valence-corrected chi connectivity index (χ1v) is 8.64. The predicted octanol–water partition coefficient (Wildman–Crippen LogP) is 3.41.